The lowest BCUT2D eigenvalue weighted by atomic mass is 10.0. The Labute approximate surface area is 163 Å². The number of nitrogens with one attached hydrogen (secondary N) is 1. The molecule has 0 saturated carbocycles. The highest BCUT2D eigenvalue weighted by molar-refractivity contribution is 6.02. The highest BCUT2D eigenvalue weighted by atomic mass is 16.5. The highest BCUT2D eigenvalue weighted by Crippen LogP contribution is 2.31. The molecule has 138 valence electrons. The van der Waals surface area contributed by atoms with Crippen LogP contribution >= 0.6 is 0 Å². The molecule has 0 spiro atoms. The fourth-order valence-electron chi connectivity index (χ4n) is 3.66. The molecule has 1 aliphatic heterocycles. The first-order valence-electron chi connectivity index (χ1n) is 9.33. The van der Waals surface area contributed by atoms with Crippen LogP contribution in [0.3, 0.4) is 0 Å². The minimum atomic E-state index is 0.831. The lowest BCUT2D eigenvalue weighted by Gasteiger charge is -2.11. The van der Waals surface area contributed by atoms with E-state index >= 15 is 0 Å². The molecule has 2 heterocycles. The molecule has 0 radical (unpaired) electrons. The topological polar surface area (TPSA) is 51.4 Å². The number of fused-ring (bicyclic) bond motifs is 1. The SMILES string of the molecule is COc1ccccc1-c1cccc(-n2cnc3cc(C4=NCCN4)ccc32)c1. The third kappa shape index (κ3) is 2.81. The first-order valence-corrected chi connectivity index (χ1v) is 9.33. The van der Waals surface area contributed by atoms with Gasteiger partial charge < -0.3 is 10.1 Å². The van der Waals surface area contributed by atoms with Crippen molar-refractivity contribution in [3.8, 4) is 22.6 Å². The van der Waals surface area contributed by atoms with Crippen LogP contribution in [0, 0.1) is 0 Å². The molecule has 1 aromatic heterocycles. The average molecular weight is 368 g/mol. The van der Waals surface area contributed by atoms with Crippen LogP contribution in [0.15, 0.2) is 78.0 Å². The number of hydrogen-bond acceptors (Lipinski definition) is 4. The van der Waals surface area contributed by atoms with E-state index in [4.69, 9.17) is 4.74 Å². The van der Waals surface area contributed by atoms with E-state index in [0.29, 0.717) is 0 Å². The molecule has 0 fully saturated rings. The summed E-state index contributed by atoms with van der Waals surface area (Å²) in [5.74, 6) is 1.82. The maximum Gasteiger partial charge on any atom is 0.128 e. The molecule has 5 nitrogen and oxygen atoms in total. The van der Waals surface area contributed by atoms with E-state index in [-0.39, 0.29) is 0 Å². The van der Waals surface area contributed by atoms with Gasteiger partial charge in [0.2, 0.25) is 0 Å². The van der Waals surface area contributed by atoms with E-state index in [1.54, 1.807) is 7.11 Å². The van der Waals surface area contributed by atoms with Crippen LogP contribution in [0.25, 0.3) is 27.8 Å². The van der Waals surface area contributed by atoms with Crippen LogP contribution in [-0.2, 0) is 0 Å². The van der Waals surface area contributed by atoms with Crippen LogP contribution in [-0.4, -0.2) is 35.6 Å². The minimum absolute atomic E-state index is 0.831. The molecule has 5 rings (SSSR count). The lowest BCUT2D eigenvalue weighted by Crippen LogP contribution is -2.19. The molecule has 0 bridgehead atoms. The van der Waals surface area contributed by atoms with Gasteiger partial charge in [0, 0.05) is 23.4 Å². The Kier molecular flexibility index (Phi) is 4.05. The van der Waals surface area contributed by atoms with Crippen molar-refractivity contribution in [2.45, 2.75) is 0 Å². The van der Waals surface area contributed by atoms with Gasteiger partial charge in [-0.1, -0.05) is 30.3 Å². The zero-order valence-corrected chi connectivity index (χ0v) is 15.6. The predicted molar refractivity (Wildman–Crippen MR) is 112 cm³/mol. The Morgan fingerprint density at radius 1 is 0.964 bits per heavy atom. The largest absolute Gasteiger partial charge is 0.496 e. The smallest absolute Gasteiger partial charge is 0.128 e. The molecular weight excluding hydrogens is 348 g/mol. The molecule has 0 unspecified atom stereocenters. The summed E-state index contributed by atoms with van der Waals surface area (Å²) >= 11 is 0. The summed E-state index contributed by atoms with van der Waals surface area (Å²) in [6.45, 7) is 1.73. The maximum atomic E-state index is 5.53. The first-order chi connectivity index (χ1) is 13.8. The number of nitrogens with zero attached hydrogens (tertiary/aromatic N) is 3. The number of hydrogen-bond donors (Lipinski definition) is 1. The molecule has 0 atom stereocenters. The zero-order valence-electron chi connectivity index (χ0n) is 15.6. The molecule has 1 N–H and O–H groups in total. The number of benzene rings is 3. The van der Waals surface area contributed by atoms with Crippen LogP contribution in [0.5, 0.6) is 5.75 Å². The molecule has 1 aliphatic rings. The molecular formula is C23H20N4O. The summed E-state index contributed by atoms with van der Waals surface area (Å²) in [5, 5.41) is 3.32. The summed E-state index contributed by atoms with van der Waals surface area (Å²) in [4.78, 5) is 9.12. The second-order valence-corrected chi connectivity index (χ2v) is 6.73. The minimum Gasteiger partial charge on any atom is -0.496 e. The summed E-state index contributed by atoms with van der Waals surface area (Å²) < 4.78 is 7.64. The number of rotatable bonds is 4. The van der Waals surface area contributed by atoms with Crippen LogP contribution < -0.4 is 10.1 Å². The summed E-state index contributed by atoms with van der Waals surface area (Å²) in [6, 6.07) is 22.8. The van der Waals surface area contributed by atoms with Crippen molar-refractivity contribution in [2.24, 2.45) is 4.99 Å². The van der Waals surface area contributed by atoms with Gasteiger partial charge in [0.25, 0.3) is 0 Å². The standard InChI is InChI=1S/C23H20N4O/c1-28-22-8-3-2-7-19(22)16-5-4-6-18(13-16)27-15-26-20-14-17(9-10-21(20)27)23-24-11-12-25-23/h2-10,13-15H,11-12H2,1H3,(H,24,25). The third-order valence-electron chi connectivity index (χ3n) is 5.04. The highest BCUT2D eigenvalue weighted by Gasteiger charge is 2.12. The van der Waals surface area contributed by atoms with Crippen molar-refractivity contribution in [2.75, 3.05) is 20.2 Å². The van der Waals surface area contributed by atoms with Crippen molar-refractivity contribution < 1.29 is 4.74 Å². The molecule has 0 saturated heterocycles. The molecule has 0 amide bonds. The number of para-hydroxylation sites is 1. The monoisotopic (exact) mass is 368 g/mol. The van der Waals surface area contributed by atoms with Gasteiger partial charge in [0.15, 0.2) is 0 Å². The summed E-state index contributed by atoms with van der Waals surface area (Å²) in [7, 11) is 1.70. The summed E-state index contributed by atoms with van der Waals surface area (Å²) in [5.41, 5.74) is 6.35. The number of methoxy groups -OCH3 is 1. The Hall–Kier alpha value is -3.60. The third-order valence-corrected chi connectivity index (χ3v) is 5.04. The van der Waals surface area contributed by atoms with Gasteiger partial charge in [0.1, 0.15) is 17.9 Å². The number of imidazole rings is 1. The zero-order chi connectivity index (χ0) is 18.9. The average Bonchev–Trinajstić information content (AvgIpc) is 3.43. The van der Waals surface area contributed by atoms with Crippen LogP contribution in [0.2, 0.25) is 0 Å². The molecule has 28 heavy (non-hydrogen) atoms. The Bertz CT molecular complexity index is 1190. The van der Waals surface area contributed by atoms with Gasteiger partial charge in [-0.25, -0.2) is 4.98 Å². The number of ether oxygens (including phenoxy) is 1. The van der Waals surface area contributed by atoms with E-state index in [0.717, 1.165) is 58.1 Å². The lowest BCUT2D eigenvalue weighted by molar-refractivity contribution is 0.416. The van der Waals surface area contributed by atoms with E-state index in [2.05, 4.69) is 68.4 Å². The fourth-order valence-corrected chi connectivity index (χ4v) is 3.66. The maximum absolute atomic E-state index is 5.53. The van der Waals surface area contributed by atoms with Crippen molar-refractivity contribution in [1.82, 2.24) is 14.9 Å². The van der Waals surface area contributed by atoms with Gasteiger partial charge in [-0.15, -0.1) is 0 Å². The second-order valence-electron chi connectivity index (χ2n) is 6.73. The predicted octanol–water partition coefficient (Wildman–Crippen LogP) is 4.05. The fraction of sp³-hybridized carbons (Fsp3) is 0.130. The van der Waals surface area contributed by atoms with Crippen molar-refractivity contribution in [1.29, 1.82) is 0 Å². The van der Waals surface area contributed by atoms with Gasteiger partial charge >= 0.3 is 0 Å². The molecule has 5 heteroatoms. The Morgan fingerprint density at radius 2 is 1.89 bits per heavy atom. The van der Waals surface area contributed by atoms with E-state index < -0.39 is 0 Å². The number of amidine groups is 1. The van der Waals surface area contributed by atoms with Gasteiger partial charge in [0.05, 0.1) is 24.7 Å². The van der Waals surface area contributed by atoms with Gasteiger partial charge in [-0.3, -0.25) is 9.56 Å². The van der Waals surface area contributed by atoms with Crippen molar-refractivity contribution >= 4 is 16.9 Å². The van der Waals surface area contributed by atoms with Crippen LogP contribution in [0.4, 0.5) is 0 Å². The van der Waals surface area contributed by atoms with Crippen molar-refractivity contribution in [3.63, 3.8) is 0 Å². The second kappa shape index (κ2) is 6.85. The molecule has 4 aromatic rings. The molecule has 0 aliphatic carbocycles. The van der Waals surface area contributed by atoms with Crippen LogP contribution in [0.1, 0.15) is 5.56 Å². The Balaban J connectivity index is 1.57. The van der Waals surface area contributed by atoms with Gasteiger partial charge in [-0.2, -0.15) is 0 Å². The number of aliphatic imine (C=N–C) groups is 1. The van der Waals surface area contributed by atoms with E-state index in [9.17, 15) is 0 Å². The van der Waals surface area contributed by atoms with E-state index in [1.807, 2.05) is 24.5 Å². The Morgan fingerprint density at radius 3 is 2.75 bits per heavy atom. The van der Waals surface area contributed by atoms with E-state index in [1.165, 1.54) is 0 Å². The quantitative estimate of drug-likeness (QED) is 0.591. The summed E-state index contributed by atoms with van der Waals surface area (Å²) in [6.07, 6.45) is 1.87. The normalized spacial score (nSPS) is 13.4. The van der Waals surface area contributed by atoms with Crippen molar-refractivity contribution in [3.05, 3.63) is 78.6 Å². The van der Waals surface area contributed by atoms with Gasteiger partial charge in [-0.05, 0) is 42.0 Å². The first kappa shape index (κ1) is 16.6. The number of aromatic nitrogens is 2. The molecule has 3 aromatic carbocycles.